The summed E-state index contributed by atoms with van der Waals surface area (Å²) in [4.78, 5) is 11.5. The number of benzene rings is 1. The number of guanidine groups is 1. The Kier molecular flexibility index (Phi) is 7.52. The lowest BCUT2D eigenvalue weighted by Crippen LogP contribution is -2.41. The van der Waals surface area contributed by atoms with Gasteiger partial charge in [-0.3, -0.25) is 4.99 Å². The largest absolute Gasteiger partial charge is 0.356 e. The molecule has 1 aliphatic heterocycles. The van der Waals surface area contributed by atoms with Gasteiger partial charge in [-0.15, -0.1) is 0 Å². The molecule has 2 heterocycles. The lowest BCUT2D eigenvalue weighted by atomic mass is 9.87. The summed E-state index contributed by atoms with van der Waals surface area (Å²) in [5.74, 6) is 3.80. The summed E-state index contributed by atoms with van der Waals surface area (Å²) in [6, 6.07) is 10.5. The van der Waals surface area contributed by atoms with Crippen molar-refractivity contribution < 1.29 is 0 Å². The zero-order valence-electron chi connectivity index (χ0n) is 17.6. The number of likely N-dealkylation sites (tertiary alicyclic amines) is 1. The molecule has 2 aromatic rings. The number of imidazole rings is 1. The van der Waals surface area contributed by atoms with Crippen molar-refractivity contribution in [2.75, 3.05) is 26.7 Å². The van der Waals surface area contributed by atoms with E-state index in [1.165, 1.54) is 24.8 Å². The molecule has 0 saturated carbocycles. The number of hydrogen-bond donors (Lipinski definition) is 1. The van der Waals surface area contributed by atoms with E-state index in [9.17, 15) is 0 Å². The van der Waals surface area contributed by atoms with Crippen molar-refractivity contribution in [3.8, 4) is 0 Å². The van der Waals surface area contributed by atoms with Crippen molar-refractivity contribution in [3.63, 3.8) is 0 Å². The number of aromatic nitrogens is 2. The molecule has 1 aromatic heterocycles. The average Bonchev–Trinajstić information content (AvgIpc) is 3.37. The predicted molar refractivity (Wildman–Crippen MR) is 117 cm³/mol. The molecule has 1 atom stereocenters. The first-order chi connectivity index (χ1) is 13.7. The maximum absolute atomic E-state index is 4.56. The smallest absolute Gasteiger partial charge is 0.193 e. The van der Waals surface area contributed by atoms with Crippen LogP contribution in [0, 0.1) is 11.8 Å². The molecule has 0 bridgehead atoms. The minimum atomic E-state index is 0.804. The second-order valence-electron chi connectivity index (χ2n) is 7.75. The fourth-order valence-electron chi connectivity index (χ4n) is 4.43. The van der Waals surface area contributed by atoms with E-state index in [4.69, 9.17) is 0 Å². The molecule has 1 saturated heterocycles. The average molecular weight is 382 g/mol. The molecular formula is C23H35N5. The fourth-order valence-corrected chi connectivity index (χ4v) is 4.43. The van der Waals surface area contributed by atoms with Gasteiger partial charge in [-0.25, -0.2) is 4.98 Å². The zero-order valence-corrected chi connectivity index (χ0v) is 17.6. The summed E-state index contributed by atoms with van der Waals surface area (Å²) in [7, 11) is 1.89. The number of nitrogens with zero attached hydrogens (tertiary/aromatic N) is 4. The van der Waals surface area contributed by atoms with E-state index in [0.29, 0.717) is 0 Å². The molecule has 0 aliphatic carbocycles. The normalized spacial score (nSPS) is 17.5. The Balaban J connectivity index is 1.50. The Bertz CT molecular complexity index is 732. The SMILES string of the molecule is CCC(CC)C1CCN(C(=NC)NCCc2nccn2Cc2ccccc2)C1. The van der Waals surface area contributed by atoms with Crippen LogP contribution in [0.25, 0.3) is 0 Å². The molecule has 0 spiro atoms. The van der Waals surface area contributed by atoms with Crippen LogP contribution in [0.15, 0.2) is 47.7 Å². The molecule has 1 aliphatic rings. The Morgan fingerprint density at radius 1 is 1.25 bits per heavy atom. The van der Waals surface area contributed by atoms with Crippen molar-refractivity contribution >= 4 is 5.96 Å². The van der Waals surface area contributed by atoms with Gasteiger partial charge in [-0.2, -0.15) is 0 Å². The molecule has 5 heteroatoms. The summed E-state index contributed by atoms with van der Waals surface area (Å²) in [6.07, 6.45) is 8.71. The molecule has 1 fully saturated rings. The molecule has 1 N–H and O–H groups in total. The third-order valence-electron chi connectivity index (χ3n) is 6.08. The highest BCUT2D eigenvalue weighted by molar-refractivity contribution is 5.80. The van der Waals surface area contributed by atoms with Gasteiger partial charge in [0, 0.05) is 52.0 Å². The number of rotatable bonds is 8. The van der Waals surface area contributed by atoms with Crippen LogP contribution in [0.4, 0.5) is 0 Å². The van der Waals surface area contributed by atoms with Crippen molar-refractivity contribution in [1.82, 2.24) is 19.8 Å². The monoisotopic (exact) mass is 381 g/mol. The van der Waals surface area contributed by atoms with Crippen LogP contribution >= 0.6 is 0 Å². The molecule has 152 valence electrons. The molecule has 3 rings (SSSR count). The standard InChI is InChI=1S/C23H35N5/c1-4-20(5-2)21-12-15-28(18-21)23(24-3)26-13-11-22-25-14-16-27(22)17-19-9-7-6-8-10-19/h6-10,14,16,20-21H,4-5,11-13,15,17-18H2,1-3H3,(H,24,26). The first kappa shape index (κ1) is 20.4. The van der Waals surface area contributed by atoms with Gasteiger partial charge in [0.2, 0.25) is 0 Å². The summed E-state index contributed by atoms with van der Waals surface area (Å²) in [5.41, 5.74) is 1.30. The zero-order chi connectivity index (χ0) is 19.8. The molecular weight excluding hydrogens is 346 g/mol. The lowest BCUT2D eigenvalue weighted by Gasteiger charge is -2.24. The first-order valence-corrected chi connectivity index (χ1v) is 10.7. The highest BCUT2D eigenvalue weighted by atomic mass is 15.3. The Morgan fingerprint density at radius 2 is 2.04 bits per heavy atom. The van der Waals surface area contributed by atoms with Crippen molar-refractivity contribution in [1.29, 1.82) is 0 Å². The summed E-state index contributed by atoms with van der Waals surface area (Å²) >= 11 is 0. The van der Waals surface area contributed by atoms with E-state index in [0.717, 1.165) is 56.2 Å². The predicted octanol–water partition coefficient (Wildman–Crippen LogP) is 3.81. The quantitative estimate of drug-likeness (QED) is 0.559. The number of aliphatic imine (C=N–C) groups is 1. The van der Waals surface area contributed by atoms with E-state index in [2.05, 4.69) is 75.1 Å². The molecule has 5 nitrogen and oxygen atoms in total. The number of hydrogen-bond acceptors (Lipinski definition) is 2. The minimum absolute atomic E-state index is 0.804. The fraction of sp³-hybridized carbons (Fsp3) is 0.565. The minimum Gasteiger partial charge on any atom is -0.356 e. The highest BCUT2D eigenvalue weighted by Crippen LogP contribution is 2.28. The lowest BCUT2D eigenvalue weighted by molar-refractivity contribution is 0.319. The van der Waals surface area contributed by atoms with E-state index < -0.39 is 0 Å². The van der Waals surface area contributed by atoms with Crippen LogP contribution in [0.5, 0.6) is 0 Å². The Hall–Kier alpha value is -2.30. The molecule has 28 heavy (non-hydrogen) atoms. The van der Waals surface area contributed by atoms with Crippen LogP contribution < -0.4 is 5.32 Å². The van der Waals surface area contributed by atoms with Crippen molar-refractivity contribution in [2.24, 2.45) is 16.8 Å². The van der Waals surface area contributed by atoms with E-state index in [1.54, 1.807) is 0 Å². The summed E-state index contributed by atoms with van der Waals surface area (Å²) in [6.45, 7) is 8.61. The summed E-state index contributed by atoms with van der Waals surface area (Å²) in [5, 5.41) is 3.56. The Morgan fingerprint density at radius 3 is 2.75 bits per heavy atom. The van der Waals surface area contributed by atoms with Crippen molar-refractivity contribution in [2.45, 2.75) is 46.1 Å². The molecule has 0 radical (unpaired) electrons. The van der Waals surface area contributed by atoms with E-state index in [1.807, 2.05) is 13.2 Å². The van der Waals surface area contributed by atoms with Gasteiger partial charge in [-0.05, 0) is 23.8 Å². The topological polar surface area (TPSA) is 45.4 Å². The van der Waals surface area contributed by atoms with Gasteiger partial charge in [-0.1, -0.05) is 57.0 Å². The van der Waals surface area contributed by atoms with Crippen molar-refractivity contribution in [3.05, 3.63) is 54.1 Å². The van der Waals surface area contributed by atoms with Crippen LogP contribution in [0.2, 0.25) is 0 Å². The summed E-state index contributed by atoms with van der Waals surface area (Å²) < 4.78 is 2.23. The maximum Gasteiger partial charge on any atom is 0.193 e. The van der Waals surface area contributed by atoms with Crippen LogP contribution in [-0.2, 0) is 13.0 Å². The first-order valence-electron chi connectivity index (χ1n) is 10.7. The van der Waals surface area contributed by atoms with Crippen LogP contribution in [-0.4, -0.2) is 47.1 Å². The molecule has 0 amide bonds. The number of nitrogens with one attached hydrogen (secondary N) is 1. The van der Waals surface area contributed by atoms with Crippen LogP contribution in [0.1, 0.15) is 44.5 Å². The van der Waals surface area contributed by atoms with Gasteiger partial charge in [0.1, 0.15) is 5.82 Å². The van der Waals surface area contributed by atoms with Gasteiger partial charge in [0.25, 0.3) is 0 Å². The third kappa shape index (κ3) is 5.15. The van der Waals surface area contributed by atoms with Gasteiger partial charge < -0.3 is 14.8 Å². The van der Waals surface area contributed by atoms with Crippen LogP contribution in [0.3, 0.4) is 0 Å². The Labute approximate surface area is 169 Å². The molecule has 1 aromatic carbocycles. The molecule has 1 unspecified atom stereocenters. The second-order valence-corrected chi connectivity index (χ2v) is 7.75. The van der Waals surface area contributed by atoms with Gasteiger partial charge in [0.05, 0.1) is 0 Å². The maximum atomic E-state index is 4.56. The second kappa shape index (κ2) is 10.3. The van der Waals surface area contributed by atoms with E-state index >= 15 is 0 Å². The highest BCUT2D eigenvalue weighted by Gasteiger charge is 2.29. The van der Waals surface area contributed by atoms with E-state index in [-0.39, 0.29) is 0 Å². The van der Waals surface area contributed by atoms with Gasteiger partial charge in [0.15, 0.2) is 5.96 Å². The third-order valence-corrected chi connectivity index (χ3v) is 6.08. The van der Waals surface area contributed by atoms with Gasteiger partial charge >= 0.3 is 0 Å².